The van der Waals surface area contributed by atoms with Crippen molar-refractivity contribution in [1.29, 1.82) is 0 Å². The van der Waals surface area contributed by atoms with Crippen molar-refractivity contribution < 1.29 is 9.53 Å². The molecule has 1 fully saturated rings. The van der Waals surface area contributed by atoms with Gasteiger partial charge in [0.1, 0.15) is 5.75 Å². The average Bonchev–Trinajstić information content (AvgIpc) is 3.21. The predicted octanol–water partition coefficient (Wildman–Crippen LogP) is 2.34. The summed E-state index contributed by atoms with van der Waals surface area (Å²) in [6.07, 6.45) is 1.98. The molecule has 1 aromatic rings. The number of hydrazone groups is 1. The van der Waals surface area contributed by atoms with Gasteiger partial charge in [0, 0.05) is 5.92 Å². The maximum absolute atomic E-state index is 11.4. The molecule has 1 aromatic carbocycles. The lowest BCUT2D eigenvalue weighted by atomic mass is 10.1. The molecule has 0 unspecified atom stereocenters. The third kappa shape index (κ3) is 3.32. The molecule has 4 nitrogen and oxygen atoms in total. The Hall–Kier alpha value is -1.84. The Bertz CT molecular complexity index is 447. The Morgan fingerprint density at radius 1 is 1.39 bits per heavy atom. The monoisotopic (exact) mass is 246 g/mol. The van der Waals surface area contributed by atoms with Crippen LogP contribution in [0.1, 0.15) is 32.3 Å². The first-order valence-corrected chi connectivity index (χ1v) is 6.28. The smallest absolute Gasteiger partial charge is 0.243 e. The first-order chi connectivity index (χ1) is 8.70. The number of amides is 1. The molecule has 0 spiro atoms. The van der Waals surface area contributed by atoms with Crippen LogP contribution in [-0.4, -0.2) is 18.2 Å². The first kappa shape index (κ1) is 12.6. The van der Waals surface area contributed by atoms with E-state index in [-0.39, 0.29) is 11.8 Å². The van der Waals surface area contributed by atoms with Gasteiger partial charge in [-0.3, -0.25) is 4.79 Å². The Morgan fingerprint density at radius 3 is 2.61 bits per heavy atom. The van der Waals surface area contributed by atoms with E-state index in [9.17, 15) is 4.79 Å². The number of hydrogen-bond acceptors (Lipinski definition) is 3. The van der Waals surface area contributed by atoms with Crippen molar-refractivity contribution >= 4 is 11.6 Å². The summed E-state index contributed by atoms with van der Waals surface area (Å²) in [7, 11) is 0. The molecule has 1 aliphatic rings. The molecular formula is C14H18N2O2. The van der Waals surface area contributed by atoms with Crippen molar-refractivity contribution in [1.82, 2.24) is 5.43 Å². The molecule has 0 bridgehead atoms. The van der Waals surface area contributed by atoms with Gasteiger partial charge in [-0.2, -0.15) is 5.10 Å². The number of rotatable bonds is 5. The van der Waals surface area contributed by atoms with Gasteiger partial charge in [0.05, 0.1) is 12.3 Å². The Labute approximate surface area is 107 Å². The van der Waals surface area contributed by atoms with Crippen LogP contribution >= 0.6 is 0 Å². The van der Waals surface area contributed by atoms with Crippen LogP contribution in [0.25, 0.3) is 0 Å². The normalized spacial score (nSPS) is 15.3. The van der Waals surface area contributed by atoms with Crippen LogP contribution in [-0.2, 0) is 4.79 Å². The van der Waals surface area contributed by atoms with Gasteiger partial charge in [-0.25, -0.2) is 5.43 Å². The fraction of sp³-hybridized carbons (Fsp3) is 0.429. The van der Waals surface area contributed by atoms with E-state index < -0.39 is 0 Å². The molecule has 1 saturated carbocycles. The van der Waals surface area contributed by atoms with Gasteiger partial charge >= 0.3 is 0 Å². The second kappa shape index (κ2) is 5.67. The second-order valence-electron chi connectivity index (χ2n) is 4.40. The summed E-state index contributed by atoms with van der Waals surface area (Å²) in [6.45, 7) is 4.49. The van der Waals surface area contributed by atoms with E-state index >= 15 is 0 Å². The minimum absolute atomic E-state index is 0.0280. The molecule has 96 valence electrons. The van der Waals surface area contributed by atoms with Crippen molar-refractivity contribution in [2.45, 2.75) is 26.7 Å². The summed E-state index contributed by atoms with van der Waals surface area (Å²) >= 11 is 0. The van der Waals surface area contributed by atoms with Crippen LogP contribution in [0.15, 0.2) is 29.4 Å². The quantitative estimate of drug-likeness (QED) is 0.640. The summed E-state index contributed by atoms with van der Waals surface area (Å²) in [5.41, 5.74) is 4.38. The van der Waals surface area contributed by atoms with Crippen molar-refractivity contribution in [2.75, 3.05) is 6.61 Å². The predicted molar refractivity (Wildman–Crippen MR) is 70.7 cm³/mol. The van der Waals surface area contributed by atoms with Crippen LogP contribution in [0.3, 0.4) is 0 Å². The van der Waals surface area contributed by atoms with Gasteiger partial charge in [0.15, 0.2) is 0 Å². The van der Waals surface area contributed by atoms with Crippen LogP contribution < -0.4 is 10.2 Å². The summed E-state index contributed by atoms with van der Waals surface area (Å²) in [5.74, 6) is 1.05. The topological polar surface area (TPSA) is 50.7 Å². The maximum atomic E-state index is 11.4. The van der Waals surface area contributed by atoms with Gasteiger partial charge in [-0.05, 0) is 56.5 Å². The van der Waals surface area contributed by atoms with Gasteiger partial charge in [0.25, 0.3) is 0 Å². The van der Waals surface area contributed by atoms with E-state index in [4.69, 9.17) is 4.74 Å². The van der Waals surface area contributed by atoms with E-state index in [1.54, 1.807) is 0 Å². The highest BCUT2D eigenvalue weighted by Crippen LogP contribution is 2.28. The third-order valence-electron chi connectivity index (χ3n) is 2.87. The fourth-order valence-electron chi connectivity index (χ4n) is 1.60. The number of nitrogens with zero attached hydrogens (tertiary/aromatic N) is 1. The second-order valence-corrected chi connectivity index (χ2v) is 4.40. The molecule has 18 heavy (non-hydrogen) atoms. The summed E-state index contributed by atoms with van der Waals surface area (Å²) in [5, 5.41) is 4.11. The highest BCUT2D eigenvalue weighted by molar-refractivity contribution is 5.99. The van der Waals surface area contributed by atoms with Crippen LogP contribution in [0, 0.1) is 5.92 Å². The van der Waals surface area contributed by atoms with E-state index in [0.29, 0.717) is 6.61 Å². The van der Waals surface area contributed by atoms with Gasteiger partial charge < -0.3 is 4.74 Å². The number of ether oxygens (including phenoxy) is 1. The van der Waals surface area contributed by atoms with Crippen molar-refractivity contribution in [3.8, 4) is 5.75 Å². The van der Waals surface area contributed by atoms with Gasteiger partial charge in [-0.1, -0.05) is 0 Å². The SMILES string of the molecule is CCOc1ccc(/C(C)=N/NC(=O)C2CC2)cc1. The maximum Gasteiger partial charge on any atom is 0.243 e. The third-order valence-corrected chi connectivity index (χ3v) is 2.87. The number of hydrogen-bond donors (Lipinski definition) is 1. The molecular weight excluding hydrogens is 228 g/mol. The highest BCUT2D eigenvalue weighted by atomic mass is 16.5. The summed E-state index contributed by atoms with van der Waals surface area (Å²) in [6, 6.07) is 7.68. The highest BCUT2D eigenvalue weighted by Gasteiger charge is 2.29. The Balaban J connectivity index is 1.96. The average molecular weight is 246 g/mol. The van der Waals surface area contributed by atoms with Gasteiger partial charge in [-0.15, -0.1) is 0 Å². The number of benzene rings is 1. The fourth-order valence-corrected chi connectivity index (χ4v) is 1.60. The van der Waals surface area contributed by atoms with Crippen molar-refractivity contribution in [3.63, 3.8) is 0 Å². The standard InChI is InChI=1S/C14H18N2O2/c1-3-18-13-8-6-11(7-9-13)10(2)15-16-14(17)12-4-5-12/h6-9,12H,3-5H2,1-2H3,(H,16,17)/b15-10+. The van der Waals surface area contributed by atoms with E-state index in [1.807, 2.05) is 38.1 Å². The number of carbonyl (C=O) groups is 1. The number of nitrogens with one attached hydrogen (secondary N) is 1. The molecule has 0 atom stereocenters. The summed E-state index contributed by atoms with van der Waals surface area (Å²) in [4.78, 5) is 11.4. The molecule has 1 aliphatic carbocycles. The first-order valence-electron chi connectivity index (χ1n) is 6.28. The van der Waals surface area contributed by atoms with E-state index in [0.717, 1.165) is 29.9 Å². The van der Waals surface area contributed by atoms with E-state index in [1.165, 1.54) is 0 Å². The molecule has 2 rings (SSSR count). The molecule has 0 heterocycles. The zero-order chi connectivity index (χ0) is 13.0. The lowest BCUT2D eigenvalue weighted by Gasteiger charge is -2.05. The molecule has 0 radical (unpaired) electrons. The van der Waals surface area contributed by atoms with Crippen molar-refractivity contribution in [3.05, 3.63) is 29.8 Å². The van der Waals surface area contributed by atoms with Crippen LogP contribution in [0.5, 0.6) is 5.75 Å². The molecule has 0 saturated heterocycles. The minimum atomic E-state index is 0.0280. The lowest BCUT2D eigenvalue weighted by molar-refractivity contribution is -0.122. The van der Waals surface area contributed by atoms with Crippen molar-refractivity contribution in [2.24, 2.45) is 11.0 Å². The molecule has 0 aromatic heterocycles. The Morgan fingerprint density at radius 2 is 2.06 bits per heavy atom. The molecule has 1 amide bonds. The minimum Gasteiger partial charge on any atom is -0.494 e. The zero-order valence-electron chi connectivity index (χ0n) is 10.8. The molecule has 0 aliphatic heterocycles. The molecule has 1 N–H and O–H groups in total. The van der Waals surface area contributed by atoms with Crippen LogP contribution in [0.4, 0.5) is 0 Å². The largest absolute Gasteiger partial charge is 0.494 e. The van der Waals surface area contributed by atoms with Crippen LogP contribution in [0.2, 0.25) is 0 Å². The van der Waals surface area contributed by atoms with E-state index in [2.05, 4.69) is 10.5 Å². The Kier molecular flexibility index (Phi) is 3.97. The number of carbonyl (C=O) groups excluding carboxylic acids is 1. The zero-order valence-corrected chi connectivity index (χ0v) is 10.8. The van der Waals surface area contributed by atoms with Gasteiger partial charge in [0.2, 0.25) is 5.91 Å². The summed E-state index contributed by atoms with van der Waals surface area (Å²) < 4.78 is 5.37. The lowest BCUT2D eigenvalue weighted by Crippen LogP contribution is -2.20. The molecule has 4 heteroatoms.